The molecular formula is C15H19N3O2S. The molecule has 21 heavy (non-hydrogen) atoms. The Labute approximate surface area is 124 Å². The van der Waals surface area contributed by atoms with Crippen LogP contribution in [0.2, 0.25) is 0 Å². The summed E-state index contributed by atoms with van der Waals surface area (Å²) in [4.78, 5) is 4.22. The lowest BCUT2D eigenvalue weighted by Crippen LogP contribution is -2.21. The SMILES string of the molecule is CCc1n[nH]c(CS(=O)(=O)[C@H]2CCCc3ccccc32)n1. The third-order valence-corrected chi connectivity index (χ3v) is 6.01. The molecule has 0 spiro atoms. The fourth-order valence-corrected chi connectivity index (χ4v) is 4.79. The number of nitrogens with one attached hydrogen (secondary N) is 1. The Balaban J connectivity index is 1.89. The van der Waals surface area contributed by atoms with Crippen molar-refractivity contribution in [2.24, 2.45) is 0 Å². The number of aryl methyl sites for hydroxylation is 2. The molecule has 1 aliphatic rings. The minimum absolute atomic E-state index is 0.0704. The minimum atomic E-state index is -3.28. The van der Waals surface area contributed by atoms with Crippen molar-refractivity contribution in [2.45, 2.75) is 43.6 Å². The molecule has 1 N–H and O–H groups in total. The maximum Gasteiger partial charge on any atom is 0.164 e. The number of rotatable bonds is 4. The number of hydrogen-bond donors (Lipinski definition) is 1. The largest absolute Gasteiger partial charge is 0.262 e. The molecule has 0 bridgehead atoms. The van der Waals surface area contributed by atoms with Gasteiger partial charge < -0.3 is 0 Å². The molecule has 0 radical (unpaired) electrons. The van der Waals surface area contributed by atoms with Crippen LogP contribution in [0.3, 0.4) is 0 Å². The number of aromatic nitrogens is 3. The Morgan fingerprint density at radius 1 is 1.33 bits per heavy atom. The van der Waals surface area contributed by atoms with Gasteiger partial charge in [-0.15, -0.1) is 0 Å². The van der Waals surface area contributed by atoms with Crippen LogP contribution in [0, 0.1) is 0 Å². The van der Waals surface area contributed by atoms with Crippen LogP contribution >= 0.6 is 0 Å². The highest BCUT2D eigenvalue weighted by molar-refractivity contribution is 7.90. The number of benzene rings is 1. The quantitative estimate of drug-likeness (QED) is 0.941. The highest BCUT2D eigenvalue weighted by atomic mass is 32.2. The topological polar surface area (TPSA) is 75.7 Å². The maximum absolute atomic E-state index is 12.7. The lowest BCUT2D eigenvalue weighted by Gasteiger charge is -2.25. The van der Waals surface area contributed by atoms with Crippen molar-refractivity contribution in [3.63, 3.8) is 0 Å². The van der Waals surface area contributed by atoms with Crippen LogP contribution in [-0.2, 0) is 28.4 Å². The molecule has 0 aliphatic heterocycles. The molecule has 2 aromatic rings. The molecule has 0 unspecified atom stereocenters. The summed E-state index contributed by atoms with van der Waals surface area (Å²) in [6.07, 6.45) is 3.26. The predicted octanol–water partition coefficient (Wildman–Crippen LogP) is 2.36. The smallest absolute Gasteiger partial charge is 0.164 e. The number of fused-ring (bicyclic) bond motifs is 1. The molecule has 1 aliphatic carbocycles. The first-order chi connectivity index (χ1) is 10.1. The van der Waals surface area contributed by atoms with Crippen molar-refractivity contribution in [1.29, 1.82) is 0 Å². The normalized spacial score (nSPS) is 18.4. The third-order valence-electron chi connectivity index (χ3n) is 3.98. The second-order valence-corrected chi connectivity index (χ2v) is 7.62. The van der Waals surface area contributed by atoms with Crippen LogP contribution in [0.1, 0.15) is 47.8 Å². The van der Waals surface area contributed by atoms with Crippen LogP contribution in [0.15, 0.2) is 24.3 Å². The Kier molecular flexibility index (Phi) is 3.80. The fourth-order valence-electron chi connectivity index (χ4n) is 2.93. The van der Waals surface area contributed by atoms with Crippen molar-refractivity contribution in [1.82, 2.24) is 15.2 Å². The van der Waals surface area contributed by atoms with E-state index in [1.54, 1.807) is 0 Å². The molecule has 0 saturated heterocycles. The monoisotopic (exact) mass is 305 g/mol. The number of sulfone groups is 1. The van der Waals surface area contributed by atoms with Gasteiger partial charge in [0.25, 0.3) is 0 Å². The van der Waals surface area contributed by atoms with Crippen molar-refractivity contribution < 1.29 is 8.42 Å². The Morgan fingerprint density at radius 3 is 2.90 bits per heavy atom. The second-order valence-electron chi connectivity index (χ2n) is 5.44. The molecular weight excluding hydrogens is 286 g/mol. The van der Waals surface area contributed by atoms with E-state index in [0.717, 1.165) is 24.0 Å². The lowest BCUT2D eigenvalue weighted by molar-refractivity contribution is 0.558. The van der Waals surface area contributed by atoms with Gasteiger partial charge in [0.15, 0.2) is 9.84 Å². The summed E-state index contributed by atoms with van der Waals surface area (Å²) in [5.74, 6) is 1.03. The highest BCUT2D eigenvalue weighted by Crippen LogP contribution is 2.36. The van der Waals surface area contributed by atoms with Gasteiger partial charge in [0.1, 0.15) is 17.4 Å². The number of hydrogen-bond acceptors (Lipinski definition) is 4. The van der Waals surface area contributed by atoms with E-state index in [2.05, 4.69) is 15.2 Å². The first-order valence-electron chi connectivity index (χ1n) is 7.29. The van der Waals surface area contributed by atoms with E-state index in [4.69, 9.17) is 0 Å². The number of H-pyrrole nitrogens is 1. The van der Waals surface area contributed by atoms with Gasteiger partial charge in [0.05, 0.1) is 5.25 Å². The number of aromatic amines is 1. The van der Waals surface area contributed by atoms with Gasteiger partial charge in [-0.25, -0.2) is 13.4 Å². The van der Waals surface area contributed by atoms with E-state index in [1.807, 2.05) is 31.2 Å². The van der Waals surface area contributed by atoms with E-state index >= 15 is 0 Å². The second kappa shape index (κ2) is 5.60. The van der Waals surface area contributed by atoms with Gasteiger partial charge in [-0.3, -0.25) is 5.10 Å². The standard InChI is InChI=1S/C15H19N3O2S/c1-2-14-16-15(18-17-14)10-21(19,20)13-9-5-7-11-6-3-4-8-12(11)13/h3-4,6,8,13H,2,5,7,9-10H2,1H3,(H,16,17,18)/t13-/m0/s1. The van der Waals surface area contributed by atoms with Crippen LogP contribution in [0.5, 0.6) is 0 Å². The predicted molar refractivity (Wildman–Crippen MR) is 80.5 cm³/mol. The molecule has 0 amide bonds. The summed E-state index contributed by atoms with van der Waals surface area (Å²) in [5.41, 5.74) is 2.11. The van der Waals surface area contributed by atoms with Gasteiger partial charge in [0, 0.05) is 6.42 Å². The zero-order valence-corrected chi connectivity index (χ0v) is 12.9. The lowest BCUT2D eigenvalue weighted by atomic mass is 9.91. The maximum atomic E-state index is 12.7. The summed E-state index contributed by atoms with van der Waals surface area (Å²) >= 11 is 0. The van der Waals surface area contributed by atoms with Gasteiger partial charge in [-0.1, -0.05) is 31.2 Å². The Hall–Kier alpha value is -1.69. The van der Waals surface area contributed by atoms with E-state index < -0.39 is 15.1 Å². The highest BCUT2D eigenvalue weighted by Gasteiger charge is 2.32. The van der Waals surface area contributed by atoms with Gasteiger partial charge in [-0.2, -0.15) is 5.10 Å². The summed E-state index contributed by atoms with van der Waals surface area (Å²) in [6.45, 7) is 1.94. The minimum Gasteiger partial charge on any atom is -0.262 e. The van der Waals surface area contributed by atoms with Crippen molar-refractivity contribution in [2.75, 3.05) is 0 Å². The zero-order valence-electron chi connectivity index (χ0n) is 12.0. The van der Waals surface area contributed by atoms with E-state index in [0.29, 0.717) is 24.5 Å². The van der Waals surface area contributed by atoms with Crippen LogP contribution in [0.4, 0.5) is 0 Å². The summed E-state index contributed by atoms with van der Waals surface area (Å²) in [7, 11) is -3.28. The summed E-state index contributed by atoms with van der Waals surface area (Å²) < 4.78 is 25.5. The molecule has 1 aromatic carbocycles. The molecule has 0 saturated carbocycles. The average molecular weight is 305 g/mol. The van der Waals surface area contributed by atoms with E-state index in [1.165, 1.54) is 0 Å². The van der Waals surface area contributed by atoms with E-state index in [-0.39, 0.29) is 5.75 Å². The van der Waals surface area contributed by atoms with Gasteiger partial charge >= 0.3 is 0 Å². The Bertz CT molecular complexity index is 737. The molecule has 5 nitrogen and oxygen atoms in total. The summed E-state index contributed by atoms with van der Waals surface area (Å²) in [6, 6.07) is 7.85. The Morgan fingerprint density at radius 2 is 2.14 bits per heavy atom. The molecule has 1 atom stereocenters. The average Bonchev–Trinajstić information content (AvgIpc) is 2.93. The molecule has 1 aromatic heterocycles. The van der Waals surface area contributed by atoms with Crippen LogP contribution in [-0.4, -0.2) is 23.6 Å². The summed E-state index contributed by atoms with van der Waals surface area (Å²) in [5, 5.41) is 6.32. The van der Waals surface area contributed by atoms with Gasteiger partial charge in [0.2, 0.25) is 0 Å². The van der Waals surface area contributed by atoms with Crippen LogP contribution in [0.25, 0.3) is 0 Å². The molecule has 1 heterocycles. The van der Waals surface area contributed by atoms with Gasteiger partial charge in [-0.05, 0) is 30.4 Å². The van der Waals surface area contributed by atoms with Crippen molar-refractivity contribution in [3.8, 4) is 0 Å². The molecule has 3 rings (SSSR count). The molecule has 6 heteroatoms. The molecule has 0 fully saturated rings. The van der Waals surface area contributed by atoms with Crippen LogP contribution < -0.4 is 0 Å². The van der Waals surface area contributed by atoms with Crippen molar-refractivity contribution >= 4 is 9.84 Å². The zero-order chi connectivity index (χ0) is 14.9. The first-order valence-corrected chi connectivity index (χ1v) is 9.01. The van der Waals surface area contributed by atoms with Crippen molar-refractivity contribution in [3.05, 3.63) is 47.0 Å². The third kappa shape index (κ3) is 2.85. The number of nitrogens with zero attached hydrogens (tertiary/aromatic N) is 2. The molecule has 112 valence electrons. The van der Waals surface area contributed by atoms with E-state index in [9.17, 15) is 8.42 Å². The first kappa shape index (κ1) is 14.3. The fraction of sp³-hybridized carbons (Fsp3) is 0.467.